The molecule has 0 aromatic heterocycles. The van der Waals surface area contributed by atoms with E-state index in [2.05, 4.69) is 4.72 Å². The zero-order chi connectivity index (χ0) is 13.8. The van der Waals surface area contributed by atoms with E-state index in [1.165, 1.54) is 0 Å². The molecule has 1 aromatic carbocycles. The quantitative estimate of drug-likeness (QED) is 0.860. The summed E-state index contributed by atoms with van der Waals surface area (Å²) in [5.41, 5.74) is 0.667. The van der Waals surface area contributed by atoms with Crippen molar-refractivity contribution < 1.29 is 13.2 Å². The van der Waals surface area contributed by atoms with Gasteiger partial charge in [0.1, 0.15) is 5.75 Å². The fraction of sp³-hybridized carbons (Fsp3) is 0.538. The summed E-state index contributed by atoms with van der Waals surface area (Å²) in [6.07, 6.45) is 0. The van der Waals surface area contributed by atoms with Gasteiger partial charge in [-0.1, -0.05) is 32.0 Å². The molecule has 0 atom stereocenters. The molecule has 0 saturated carbocycles. The first-order valence-electron chi connectivity index (χ1n) is 5.93. The van der Waals surface area contributed by atoms with Crippen molar-refractivity contribution in [2.45, 2.75) is 26.2 Å². The molecule has 0 heterocycles. The first kappa shape index (κ1) is 15.0. The van der Waals surface area contributed by atoms with E-state index in [0.717, 1.165) is 11.3 Å². The maximum absolute atomic E-state index is 11.5. The second-order valence-corrected chi connectivity index (χ2v) is 6.90. The molecule has 0 aliphatic rings. The van der Waals surface area contributed by atoms with Crippen LogP contribution in [0.1, 0.15) is 26.3 Å². The normalized spacial score (nSPS) is 12.4. The Morgan fingerprint density at radius 1 is 1.28 bits per heavy atom. The minimum absolute atomic E-state index is 0.0923. The summed E-state index contributed by atoms with van der Waals surface area (Å²) in [5.74, 6) is 0.868. The Bertz CT molecular complexity index is 495. The van der Waals surface area contributed by atoms with Crippen molar-refractivity contribution in [3.05, 3.63) is 29.8 Å². The molecule has 1 N–H and O–H groups in total. The van der Waals surface area contributed by atoms with Crippen LogP contribution in [-0.2, 0) is 15.4 Å². The lowest BCUT2D eigenvalue weighted by Gasteiger charge is -2.27. The van der Waals surface area contributed by atoms with Crippen LogP contribution in [0, 0.1) is 0 Å². The minimum Gasteiger partial charge on any atom is -0.496 e. The van der Waals surface area contributed by atoms with E-state index in [1.807, 2.05) is 38.1 Å². The van der Waals surface area contributed by atoms with Crippen LogP contribution in [0.5, 0.6) is 5.75 Å². The predicted octanol–water partition coefficient (Wildman–Crippen LogP) is 1.91. The van der Waals surface area contributed by atoms with Gasteiger partial charge in [-0.05, 0) is 13.0 Å². The van der Waals surface area contributed by atoms with Crippen LogP contribution >= 0.6 is 0 Å². The predicted molar refractivity (Wildman–Crippen MR) is 73.5 cm³/mol. The molecule has 0 saturated heterocycles. The van der Waals surface area contributed by atoms with Crippen LogP contribution < -0.4 is 9.46 Å². The third-order valence-electron chi connectivity index (χ3n) is 2.95. The number of benzene rings is 1. The lowest BCUT2D eigenvalue weighted by atomic mass is 9.84. The fourth-order valence-corrected chi connectivity index (χ4v) is 2.48. The molecule has 0 spiro atoms. The largest absolute Gasteiger partial charge is 0.496 e. The summed E-state index contributed by atoms with van der Waals surface area (Å²) >= 11 is 0. The van der Waals surface area contributed by atoms with Crippen molar-refractivity contribution in [2.75, 3.05) is 19.4 Å². The summed E-state index contributed by atoms with van der Waals surface area (Å²) in [4.78, 5) is 0. The van der Waals surface area contributed by atoms with Gasteiger partial charge in [0.15, 0.2) is 0 Å². The summed E-state index contributed by atoms with van der Waals surface area (Å²) in [6.45, 7) is 5.95. The molecule has 0 unspecified atom stereocenters. The molecule has 102 valence electrons. The van der Waals surface area contributed by atoms with Crippen LogP contribution in [0.15, 0.2) is 24.3 Å². The van der Waals surface area contributed by atoms with Crippen molar-refractivity contribution in [2.24, 2.45) is 0 Å². The lowest BCUT2D eigenvalue weighted by molar-refractivity contribution is 0.391. The molecule has 4 nitrogen and oxygen atoms in total. The van der Waals surface area contributed by atoms with Gasteiger partial charge in [0, 0.05) is 17.5 Å². The highest BCUT2D eigenvalue weighted by Crippen LogP contribution is 2.30. The zero-order valence-corrected chi connectivity index (χ0v) is 12.2. The summed E-state index contributed by atoms with van der Waals surface area (Å²) in [6, 6.07) is 7.66. The van der Waals surface area contributed by atoms with Gasteiger partial charge in [0.2, 0.25) is 10.0 Å². The van der Waals surface area contributed by atoms with Crippen LogP contribution in [-0.4, -0.2) is 27.8 Å². The van der Waals surface area contributed by atoms with E-state index in [4.69, 9.17) is 4.74 Å². The third-order valence-corrected chi connectivity index (χ3v) is 4.29. The molecule has 0 bridgehead atoms. The second kappa shape index (κ2) is 5.71. The first-order valence-corrected chi connectivity index (χ1v) is 7.58. The monoisotopic (exact) mass is 271 g/mol. The Morgan fingerprint density at radius 2 is 1.89 bits per heavy atom. The van der Waals surface area contributed by atoms with Crippen molar-refractivity contribution in [1.82, 2.24) is 4.72 Å². The number of hydrogen-bond donors (Lipinski definition) is 1. The topological polar surface area (TPSA) is 55.4 Å². The third kappa shape index (κ3) is 3.71. The summed E-state index contributed by atoms with van der Waals surface area (Å²) in [5, 5.41) is 0. The molecule has 0 amide bonds. The highest BCUT2D eigenvalue weighted by atomic mass is 32.2. The Hall–Kier alpha value is -1.07. The van der Waals surface area contributed by atoms with Crippen LogP contribution in [0.25, 0.3) is 0 Å². The molecular formula is C13H21NO3S. The van der Waals surface area contributed by atoms with Gasteiger partial charge in [-0.25, -0.2) is 13.1 Å². The molecule has 18 heavy (non-hydrogen) atoms. The van der Waals surface area contributed by atoms with Crippen LogP contribution in [0.3, 0.4) is 0 Å². The van der Waals surface area contributed by atoms with Crippen molar-refractivity contribution in [1.29, 1.82) is 0 Å². The van der Waals surface area contributed by atoms with E-state index in [-0.39, 0.29) is 11.2 Å². The van der Waals surface area contributed by atoms with E-state index in [9.17, 15) is 8.42 Å². The van der Waals surface area contributed by atoms with E-state index < -0.39 is 10.0 Å². The maximum Gasteiger partial charge on any atom is 0.211 e. The second-order valence-electron chi connectivity index (χ2n) is 4.81. The van der Waals surface area contributed by atoms with Crippen molar-refractivity contribution in [3.8, 4) is 5.75 Å². The Kier molecular flexibility index (Phi) is 4.76. The van der Waals surface area contributed by atoms with Gasteiger partial charge >= 0.3 is 0 Å². The van der Waals surface area contributed by atoms with Crippen molar-refractivity contribution in [3.63, 3.8) is 0 Å². The van der Waals surface area contributed by atoms with Crippen molar-refractivity contribution >= 4 is 10.0 Å². The van der Waals surface area contributed by atoms with Gasteiger partial charge < -0.3 is 4.74 Å². The van der Waals surface area contributed by atoms with Gasteiger partial charge in [0.25, 0.3) is 0 Å². The average molecular weight is 271 g/mol. The molecule has 0 radical (unpaired) electrons. The molecule has 1 aromatic rings. The van der Waals surface area contributed by atoms with E-state index in [1.54, 1.807) is 14.0 Å². The van der Waals surface area contributed by atoms with E-state index >= 15 is 0 Å². The lowest BCUT2D eigenvalue weighted by Crippen LogP contribution is -2.37. The number of ether oxygens (including phenoxy) is 1. The molecule has 1 rings (SSSR count). The molecule has 0 aliphatic carbocycles. The number of para-hydroxylation sites is 1. The maximum atomic E-state index is 11.5. The highest BCUT2D eigenvalue weighted by Gasteiger charge is 2.25. The number of hydrogen-bond acceptors (Lipinski definition) is 3. The molecular weight excluding hydrogens is 250 g/mol. The van der Waals surface area contributed by atoms with Crippen LogP contribution in [0.2, 0.25) is 0 Å². The van der Waals surface area contributed by atoms with Gasteiger partial charge in [-0.3, -0.25) is 0 Å². The van der Waals surface area contributed by atoms with Crippen LogP contribution in [0.4, 0.5) is 0 Å². The Balaban J connectivity index is 2.92. The Morgan fingerprint density at radius 3 is 2.44 bits per heavy atom. The minimum atomic E-state index is -3.17. The fourth-order valence-electron chi connectivity index (χ4n) is 1.69. The number of methoxy groups -OCH3 is 1. The molecule has 0 fully saturated rings. The standard InChI is InChI=1S/C13H21NO3S/c1-5-18(15,16)14-10-13(2,3)11-8-6-7-9-12(11)17-4/h6-9,14H,5,10H2,1-4H3. The van der Waals surface area contributed by atoms with Gasteiger partial charge in [0.05, 0.1) is 12.9 Å². The van der Waals surface area contributed by atoms with Gasteiger partial charge in [-0.15, -0.1) is 0 Å². The number of rotatable bonds is 6. The number of sulfonamides is 1. The average Bonchev–Trinajstić information content (AvgIpc) is 2.37. The molecule has 5 heteroatoms. The summed E-state index contributed by atoms with van der Waals surface area (Å²) in [7, 11) is -1.55. The van der Waals surface area contributed by atoms with Gasteiger partial charge in [-0.2, -0.15) is 0 Å². The highest BCUT2D eigenvalue weighted by molar-refractivity contribution is 7.89. The number of nitrogens with one attached hydrogen (secondary N) is 1. The zero-order valence-electron chi connectivity index (χ0n) is 11.4. The van der Waals surface area contributed by atoms with E-state index in [0.29, 0.717) is 6.54 Å². The smallest absolute Gasteiger partial charge is 0.211 e. The Labute approximate surface area is 109 Å². The first-order chi connectivity index (χ1) is 8.32. The molecule has 0 aliphatic heterocycles. The summed E-state index contributed by atoms with van der Waals surface area (Å²) < 4.78 is 30.9. The SMILES string of the molecule is CCS(=O)(=O)NCC(C)(C)c1ccccc1OC.